The van der Waals surface area contributed by atoms with Gasteiger partial charge in [-0.15, -0.1) is 5.10 Å². The van der Waals surface area contributed by atoms with Crippen molar-refractivity contribution in [1.82, 2.24) is 20.2 Å². The van der Waals surface area contributed by atoms with E-state index in [4.69, 9.17) is 9.47 Å². The Labute approximate surface area is 160 Å². The normalized spacial score (nSPS) is 11.7. The van der Waals surface area contributed by atoms with Gasteiger partial charge in [0.05, 0.1) is 19.5 Å². The number of nitrogens with one attached hydrogen (secondary N) is 1. The highest BCUT2D eigenvalue weighted by atomic mass is 32.2. The number of ether oxygens (including phenoxy) is 2. The summed E-state index contributed by atoms with van der Waals surface area (Å²) in [5, 5.41) is 14.7. The van der Waals surface area contributed by atoms with Crippen molar-refractivity contribution < 1.29 is 14.3 Å². The number of rotatable bonds is 7. The van der Waals surface area contributed by atoms with Gasteiger partial charge in [0, 0.05) is 5.69 Å². The Hall–Kier alpha value is -3.07. The molecule has 0 saturated heterocycles. The minimum Gasteiger partial charge on any atom is -0.497 e. The van der Waals surface area contributed by atoms with E-state index in [0.29, 0.717) is 22.3 Å². The van der Waals surface area contributed by atoms with E-state index in [-0.39, 0.29) is 5.91 Å². The molecule has 1 amide bonds. The van der Waals surface area contributed by atoms with E-state index in [9.17, 15) is 4.79 Å². The predicted octanol–water partition coefficient (Wildman–Crippen LogP) is 2.80. The second-order valence-electron chi connectivity index (χ2n) is 5.52. The zero-order valence-electron chi connectivity index (χ0n) is 15.1. The zero-order chi connectivity index (χ0) is 19.2. The molecule has 1 N–H and O–H groups in total. The molecular formula is C18H19N5O3S. The van der Waals surface area contributed by atoms with Crippen LogP contribution in [0.15, 0.2) is 53.7 Å². The fourth-order valence-electron chi connectivity index (χ4n) is 2.34. The molecule has 0 aliphatic carbocycles. The Balaban J connectivity index is 1.72. The Morgan fingerprint density at radius 2 is 1.85 bits per heavy atom. The monoisotopic (exact) mass is 385 g/mol. The molecule has 3 rings (SSSR count). The molecule has 0 spiro atoms. The van der Waals surface area contributed by atoms with Gasteiger partial charge in [-0.25, -0.2) is 0 Å². The molecule has 2 aromatic carbocycles. The van der Waals surface area contributed by atoms with E-state index in [1.807, 2.05) is 24.3 Å². The van der Waals surface area contributed by atoms with Crippen molar-refractivity contribution in [1.29, 1.82) is 0 Å². The molecule has 0 aliphatic rings. The highest BCUT2D eigenvalue weighted by Gasteiger charge is 2.20. The third kappa shape index (κ3) is 4.37. The number of nitrogens with zero attached hydrogens (tertiary/aromatic N) is 4. The Bertz CT molecular complexity index is 913. The summed E-state index contributed by atoms with van der Waals surface area (Å²) in [6.07, 6.45) is 0. The van der Waals surface area contributed by atoms with Crippen molar-refractivity contribution in [3.8, 4) is 17.2 Å². The van der Waals surface area contributed by atoms with Crippen LogP contribution in [0, 0.1) is 0 Å². The Morgan fingerprint density at radius 3 is 2.56 bits per heavy atom. The van der Waals surface area contributed by atoms with Gasteiger partial charge in [-0.05, 0) is 53.7 Å². The maximum Gasteiger partial charge on any atom is 0.237 e. The van der Waals surface area contributed by atoms with Crippen LogP contribution in [0.25, 0.3) is 5.69 Å². The topological polar surface area (TPSA) is 91.2 Å². The highest BCUT2D eigenvalue weighted by molar-refractivity contribution is 8.00. The quantitative estimate of drug-likeness (QED) is 0.625. The third-order valence-corrected chi connectivity index (χ3v) is 4.80. The van der Waals surface area contributed by atoms with E-state index >= 15 is 0 Å². The van der Waals surface area contributed by atoms with Gasteiger partial charge in [0.2, 0.25) is 11.1 Å². The molecule has 0 saturated carbocycles. The molecule has 0 bridgehead atoms. The van der Waals surface area contributed by atoms with Gasteiger partial charge in [-0.1, -0.05) is 23.9 Å². The van der Waals surface area contributed by atoms with Crippen molar-refractivity contribution in [3.63, 3.8) is 0 Å². The zero-order valence-corrected chi connectivity index (χ0v) is 15.9. The van der Waals surface area contributed by atoms with Crippen LogP contribution in [-0.2, 0) is 4.79 Å². The van der Waals surface area contributed by atoms with Gasteiger partial charge in [-0.2, -0.15) is 4.68 Å². The van der Waals surface area contributed by atoms with Crippen molar-refractivity contribution in [2.24, 2.45) is 0 Å². The SMILES string of the molecule is COc1ccc(NC(=O)[C@@H](C)Sc2nnnn2-c2ccccc2OC)cc1. The number of benzene rings is 2. The van der Waals surface area contributed by atoms with Crippen LogP contribution in [0.5, 0.6) is 11.5 Å². The molecule has 0 radical (unpaired) electrons. The summed E-state index contributed by atoms with van der Waals surface area (Å²) >= 11 is 1.26. The molecule has 140 valence electrons. The minimum absolute atomic E-state index is 0.153. The van der Waals surface area contributed by atoms with Crippen molar-refractivity contribution in [2.45, 2.75) is 17.3 Å². The number of anilines is 1. The lowest BCUT2D eigenvalue weighted by Gasteiger charge is -2.13. The van der Waals surface area contributed by atoms with Crippen LogP contribution >= 0.6 is 11.8 Å². The minimum atomic E-state index is -0.411. The van der Waals surface area contributed by atoms with Crippen LogP contribution in [0.2, 0.25) is 0 Å². The largest absolute Gasteiger partial charge is 0.497 e. The Kier molecular flexibility index (Phi) is 5.92. The molecule has 1 heterocycles. The average molecular weight is 385 g/mol. The van der Waals surface area contributed by atoms with Crippen molar-refractivity contribution >= 4 is 23.4 Å². The van der Waals surface area contributed by atoms with Gasteiger partial charge >= 0.3 is 0 Å². The molecule has 3 aromatic rings. The number of thioether (sulfide) groups is 1. The lowest BCUT2D eigenvalue weighted by atomic mass is 10.3. The Morgan fingerprint density at radius 1 is 1.11 bits per heavy atom. The number of carbonyl (C=O) groups is 1. The lowest BCUT2D eigenvalue weighted by molar-refractivity contribution is -0.115. The smallest absolute Gasteiger partial charge is 0.237 e. The summed E-state index contributed by atoms with van der Waals surface area (Å²) in [4.78, 5) is 12.5. The van der Waals surface area contributed by atoms with Crippen molar-refractivity contribution in [3.05, 3.63) is 48.5 Å². The maximum atomic E-state index is 12.5. The number of tetrazole rings is 1. The van der Waals surface area contributed by atoms with Gasteiger partial charge < -0.3 is 14.8 Å². The number of methoxy groups -OCH3 is 2. The molecule has 0 unspecified atom stereocenters. The summed E-state index contributed by atoms with van der Waals surface area (Å²) in [6, 6.07) is 14.6. The summed E-state index contributed by atoms with van der Waals surface area (Å²) in [7, 11) is 3.18. The molecule has 1 aromatic heterocycles. The summed E-state index contributed by atoms with van der Waals surface area (Å²) in [5.41, 5.74) is 1.40. The van der Waals surface area contributed by atoms with Crippen molar-refractivity contribution in [2.75, 3.05) is 19.5 Å². The number of hydrogen-bond acceptors (Lipinski definition) is 7. The number of aromatic nitrogens is 4. The molecule has 0 aliphatic heterocycles. The number of hydrogen-bond donors (Lipinski definition) is 1. The second-order valence-corrected chi connectivity index (χ2v) is 6.83. The molecule has 0 fully saturated rings. The number of carbonyl (C=O) groups excluding carboxylic acids is 1. The molecule has 8 nitrogen and oxygen atoms in total. The molecule has 27 heavy (non-hydrogen) atoms. The second kappa shape index (κ2) is 8.54. The van der Waals surface area contributed by atoms with E-state index in [2.05, 4.69) is 20.8 Å². The molecular weight excluding hydrogens is 366 g/mol. The lowest BCUT2D eigenvalue weighted by Crippen LogP contribution is -2.22. The van der Waals surface area contributed by atoms with Crippen LogP contribution in [0.3, 0.4) is 0 Å². The first-order valence-corrected chi connectivity index (χ1v) is 9.03. The third-order valence-electron chi connectivity index (χ3n) is 3.76. The van der Waals surface area contributed by atoms with Gasteiger partial charge in [-0.3, -0.25) is 4.79 Å². The fraction of sp³-hybridized carbons (Fsp3) is 0.222. The van der Waals surface area contributed by atoms with Crippen LogP contribution < -0.4 is 14.8 Å². The first-order chi connectivity index (χ1) is 13.1. The molecule has 9 heteroatoms. The first kappa shape index (κ1) is 18.7. The van der Waals surface area contributed by atoms with E-state index in [0.717, 1.165) is 5.75 Å². The number of para-hydroxylation sites is 2. The molecule has 1 atom stereocenters. The highest BCUT2D eigenvalue weighted by Crippen LogP contribution is 2.28. The van der Waals surface area contributed by atoms with Gasteiger partial charge in [0.1, 0.15) is 17.2 Å². The standard InChI is InChI=1S/C18H19N5O3S/c1-12(17(24)19-13-8-10-14(25-2)11-9-13)27-18-20-21-22-23(18)15-6-4-5-7-16(15)26-3/h4-12H,1-3H3,(H,19,24)/t12-/m1/s1. The summed E-state index contributed by atoms with van der Waals surface area (Å²) < 4.78 is 12.0. The van der Waals surface area contributed by atoms with E-state index in [1.54, 1.807) is 50.1 Å². The maximum absolute atomic E-state index is 12.5. The van der Waals surface area contributed by atoms with Crippen LogP contribution in [-0.4, -0.2) is 45.6 Å². The van der Waals surface area contributed by atoms with E-state index in [1.165, 1.54) is 11.8 Å². The predicted molar refractivity (Wildman–Crippen MR) is 103 cm³/mol. The van der Waals surface area contributed by atoms with E-state index < -0.39 is 5.25 Å². The fourth-order valence-corrected chi connectivity index (χ4v) is 3.14. The first-order valence-electron chi connectivity index (χ1n) is 8.15. The van der Waals surface area contributed by atoms with Gasteiger partial charge in [0.25, 0.3) is 0 Å². The van der Waals surface area contributed by atoms with Gasteiger partial charge in [0.15, 0.2) is 0 Å². The number of amides is 1. The van der Waals surface area contributed by atoms with Crippen LogP contribution in [0.4, 0.5) is 5.69 Å². The average Bonchev–Trinajstić information content (AvgIpc) is 3.16. The van der Waals surface area contributed by atoms with Crippen LogP contribution in [0.1, 0.15) is 6.92 Å². The summed E-state index contributed by atoms with van der Waals surface area (Å²) in [6.45, 7) is 1.80. The summed E-state index contributed by atoms with van der Waals surface area (Å²) in [5.74, 6) is 1.22.